The molecule has 1 rings (SSSR count). The number of alkyl halides is 3. The molecular formula is C14H20F3NOS. The number of aliphatic hydroxyl groups is 1. The highest BCUT2D eigenvalue weighted by atomic mass is 32.2. The third-order valence-corrected chi connectivity index (χ3v) is 4.62. The van der Waals surface area contributed by atoms with E-state index in [0.717, 1.165) is 6.07 Å². The summed E-state index contributed by atoms with van der Waals surface area (Å²) in [4.78, 5) is 0. The Morgan fingerprint density at radius 3 is 2.45 bits per heavy atom. The van der Waals surface area contributed by atoms with Crippen molar-refractivity contribution in [2.24, 2.45) is 0 Å². The van der Waals surface area contributed by atoms with E-state index in [1.54, 1.807) is 20.0 Å². The van der Waals surface area contributed by atoms with Gasteiger partial charge < -0.3 is 10.4 Å². The summed E-state index contributed by atoms with van der Waals surface area (Å²) in [7, 11) is 1.72. The van der Waals surface area contributed by atoms with Crippen LogP contribution in [0.5, 0.6) is 0 Å². The molecule has 0 amide bonds. The molecule has 2 N–H and O–H groups in total. The number of hydrogen-bond acceptors (Lipinski definition) is 3. The van der Waals surface area contributed by atoms with Crippen molar-refractivity contribution >= 4 is 11.8 Å². The number of benzene rings is 1. The molecule has 1 aromatic rings. The zero-order chi connectivity index (χ0) is 15.3. The Bertz CT molecular complexity index is 423. The van der Waals surface area contributed by atoms with E-state index in [0.29, 0.717) is 11.3 Å². The Balaban J connectivity index is 2.80. The summed E-state index contributed by atoms with van der Waals surface area (Å²) in [6, 6.07) is 5.18. The van der Waals surface area contributed by atoms with Crippen molar-refractivity contribution in [1.29, 1.82) is 0 Å². The first-order valence-electron chi connectivity index (χ1n) is 6.39. The van der Waals surface area contributed by atoms with Gasteiger partial charge in [0.15, 0.2) is 0 Å². The van der Waals surface area contributed by atoms with Crippen LogP contribution in [0.25, 0.3) is 0 Å². The summed E-state index contributed by atoms with van der Waals surface area (Å²) in [5.41, 5.74) is -0.0311. The maximum absolute atomic E-state index is 12.7. The average Bonchev–Trinajstić information content (AvgIpc) is 2.38. The SMILES string of the molecule is CNC(CSC(C)C(C)O)c1cccc(C(F)(F)F)c1. The Kier molecular flexibility index (Phi) is 6.36. The van der Waals surface area contributed by atoms with Crippen molar-refractivity contribution in [3.63, 3.8) is 0 Å². The van der Waals surface area contributed by atoms with Gasteiger partial charge in [-0.15, -0.1) is 0 Å². The molecule has 0 radical (unpaired) electrons. The molecule has 0 heterocycles. The van der Waals surface area contributed by atoms with E-state index < -0.39 is 17.8 Å². The minimum absolute atomic E-state index is 0.0386. The molecule has 0 bridgehead atoms. The van der Waals surface area contributed by atoms with Gasteiger partial charge in [0.05, 0.1) is 11.7 Å². The second-order valence-corrected chi connectivity index (χ2v) is 6.15. The Morgan fingerprint density at radius 2 is 1.95 bits per heavy atom. The molecule has 114 valence electrons. The fraction of sp³-hybridized carbons (Fsp3) is 0.571. The number of thioether (sulfide) groups is 1. The van der Waals surface area contributed by atoms with Crippen LogP contribution in [0.2, 0.25) is 0 Å². The van der Waals surface area contributed by atoms with Crippen molar-refractivity contribution < 1.29 is 18.3 Å². The Labute approximate surface area is 121 Å². The van der Waals surface area contributed by atoms with Crippen molar-refractivity contribution in [3.05, 3.63) is 35.4 Å². The van der Waals surface area contributed by atoms with Crippen LogP contribution in [-0.2, 0) is 6.18 Å². The summed E-state index contributed by atoms with van der Waals surface area (Å²) < 4.78 is 38.1. The zero-order valence-electron chi connectivity index (χ0n) is 11.7. The molecule has 3 atom stereocenters. The van der Waals surface area contributed by atoms with Crippen molar-refractivity contribution in [2.75, 3.05) is 12.8 Å². The predicted molar refractivity (Wildman–Crippen MR) is 76.8 cm³/mol. The summed E-state index contributed by atoms with van der Waals surface area (Å²) in [5.74, 6) is 0.601. The van der Waals surface area contributed by atoms with E-state index in [9.17, 15) is 18.3 Å². The highest BCUT2D eigenvalue weighted by Gasteiger charge is 2.30. The highest BCUT2D eigenvalue weighted by molar-refractivity contribution is 7.99. The summed E-state index contributed by atoms with van der Waals surface area (Å²) in [6.45, 7) is 3.60. The molecule has 0 saturated heterocycles. The van der Waals surface area contributed by atoms with Crippen LogP contribution in [0.1, 0.15) is 31.0 Å². The predicted octanol–water partition coefficient (Wildman–Crippen LogP) is 3.47. The second kappa shape index (κ2) is 7.33. The Hall–Kier alpha value is -0.720. The van der Waals surface area contributed by atoms with E-state index in [4.69, 9.17) is 0 Å². The summed E-state index contributed by atoms with van der Waals surface area (Å²) in [6.07, 6.45) is -4.77. The monoisotopic (exact) mass is 307 g/mol. The maximum atomic E-state index is 12.7. The van der Waals surface area contributed by atoms with E-state index in [1.165, 1.54) is 23.9 Å². The van der Waals surface area contributed by atoms with E-state index in [-0.39, 0.29) is 11.3 Å². The number of rotatable bonds is 6. The first-order chi connectivity index (χ1) is 9.25. The van der Waals surface area contributed by atoms with Crippen molar-refractivity contribution in [1.82, 2.24) is 5.32 Å². The van der Waals surface area contributed by atoms with E-state index in [2.05, 4.69) is 5.32 Å². The number of hydrogen-bond donors (Lipinski definition) is 2. The van der Waals surface area contributed by atoms with Crippen LogP contribution in [0.15, 0.2) is 24.3 Å². The normalized spacial score (nSPS) is 16.8. The fourth-order valence-corrected chi connectivity index (χ4v) is 2.80. The van der Waals surface area contributed by atoms with Crippen LogP contribution in [0.4, 0.5) is 13.2 Å². The molecule has 2 nitrogen and oxygen atoms in total. The largest absolute Gasteiger partial charge is 0.416 e. The lowest BCUT2D eigenvalue weighted by Crippen LogP contribution is -2.23. The fourth-order valence-electron chi connectivity index (χ4n) is 1.67. The first-order valence-corrected chi connectivity index (χ1v) is 7.44. The van der Waals surface area contributed by atoms with Crippen molar-refractivity contribution in [2.45, 2.75) is 37.4 Å². The zero-order valence-corrected chi connectivity index (χ0v) is 12.6. The van der Waals surface area contributed by atoms with Crippen LogP contribution in [0.3, 0.4) is 0 Å². The number of halogens is 3. The third-order valence-electron chi connectivity index (χ3n) is 3.17. The smallest absolute Gasteiger partial charge is 0.392 e. The molecule has 0 aliphatic rings. The second-order valence-electron chi connectivity index (χ2n) is 4.74. The molecule has 0 aromatic heterocycles. The van der Waals surface area contributed by atoms with Gasteiger partial charge in [-0.05, 0) is 31.7 Å². The molecule has 20 heavy (non-hydrogen) atoms. The highest BCUT2D eigenvalue weighted by Crippen LogP contribution is 2.31. The van der Waals surface area contributed by atoms with Gasteiger partial charge in [-0.25, -0.2) is 0 Å². The standard InChI is InChI=1S/C14H20F3NOS/c1-9(19)10(2)20-8-13(18-3)11-5-4-6-12(7-11)14(15,16)17/h4-7,9-10,13,18-19H,8H2,1-3H3. The summed E-state index contributed by atoms with van der Waals surface area (Å²) >= 11 is 1.53. The first kappa shape index (κ1) is 17.3. The average molecular weight is 307 g/mol. The lowest BCUT2D eigenvalue weighted by atomic mass is 10.1. The summed E-state index contributed by atoms with van der Waals surface area (Å²) in [5, 5.41) is 12.5. The molecular weight excluding hydrogens is 287 g/mol. The van der Waals surface area contributed by atoms with E-state index >= 15 is 0 Å². The molecule has 0 saturated carbocycles. The van der Waals surface area contributed by atoms with Gasteiger partial charge in [-0.1, -0.05) is 19.1 Å². The van der Waals surface area contributed by atoms with Crippen LogP contribution >= 0.6 is 11.8 Å². The van der Waals surface area contributed by atoms with Crippen LogP contribution in [0, 0.1) is 0 Å². The van der Waals surface area contributed by atoms with Crippen LogP contribution < -0.4 is 5.32 Å². The molecule has 0 aliphatic carbocycles. The minimum Gasteiger partial charge on any atom is -0.392 e. The molecule has 0 fully saturated rings. The molecule has 0 spiro atoms. The van der Waals surface area contributed by atoms with Gasteiger partial charge in [0, 0.05) is 17.0 Å². The number of aliphatic hydroxyl groups excluding tert-OH is 1. The Morgan fingerprint density at radius 1 is 1.30 bits per heavy atom. The molecule has 0 aliphatic heterocycles. The van der Waals surface area contributed by atoms with Crippen molar-refractivity contribution in [3.8, 4) is 0 Å². The maximum Gasteiger partial charge on any atom is 0.416 e. The van der Waals surface area contributed by atoms with Gasteiger partial charge in [-0.3, -0.25) is 0 Å². The van der Waals surface area contributed by atoms with Gasteiger partial charge in [0.1, 0.15) is 0 Å². The van der Waals surface area contributed by atoms with E-state index in [1.807, 2.05) is 6.92 Å². The topological polar surface area (TPSA) is 32.3 Å². The van der Waals surface area contributed by atoms with Gasteiger partial charge in [0.25, 0.3) is 0 Å². The van der Waals surface area contributed by atoms with Crippen LogP contribution in [-0.4, -0.2) is 29.3 Å². The molecule has 1 aromatic carbocycles. The minimum atomic E-state index is -4.33. The number of nitrogens with one attached hydrogen (secondary N) is 1. The van der Waals surface area contributed by atoms with Gasteiger partial charge in [-0.2, -0.15) is 24.9 Å². The third kappa shape index (κ3) is 5.00. The van der Waals surface area contributed by atoms with Gasteiger partial charge >= 0.3 is 6.18 Å². The van der Waals surface area contributed by atoms with Gasteiger partial charge in [0.2, 0.25) is 0 Å². The molecule has 3 unspecified atom stereocenters. The molecule has 6 heteroatoms. The quantitative estimate of drug-likeness (QED) is 0.844. The lowest BCUT2D eigenvalue weighted by molar-refractivity contribution is -0.137. The lowest BCUT2D eigenvalue weighted by Gasteiger charge is -2.21.